The molecule has 8 heteroatoms. The zero-order chi connectivity index (χ0) is 20.5. The molecule has 148 valence electrons. The van der Waals surface area contributed by atoms with Crippen LogP contribution in [0.4, 0.5) is 5.69 Å². The molecule has 2 aromatic carbocycles. The van der Waals surface area contributed by atoms with Crippen LogP contribution < -0.4 is 10.1 Å². The molecular formula is C20H23N3O4S. The second-order valence-corrected chi connectivity index (χ2v) is 8.63. The lowest BCUT2D eigenvalue weighted by molar-refractivity contribution is 0.102. The van der Waals surface area contributed by atoms with Crippen LogP contribution in [0.15, 0.2) is 53.6 Å². The lowest BCUT2D eigenvalue weighted by Gasteiger charge is -2.16. The van der Waals surface area contributed by atoms with E-state index in [-0.39, 0.29) is 16.6 Å². The number of carbonyl (C=O) groups is 1. The molecule has 0 unspecified atom stereocenters. The first-order chi connectivity index (χ1) is 13.3. The number of sulfonamides is 1. The van der Waals surface area contributed by atoms with E-state index in [0.29, 0.717) is 17.9 Å². The summed E-state index contributed by atoms with van der Waals surface area (Å²) in [6, 6.07) is 12.2. The molecule has 0 aliphatic rings. The Balaban J connectivity index is 1.99. The quantitative estimate of drug-likeness (QED) is 0.688. The fourth-order valence-corrected chi connectivity index (χ4v) is 4.03. The number of aryl methyl sites for hydroxylation is 1. The molecule has 0 saturated carbocycles. The summed E-state index contributed by atoms with van der Waals surface area (Å²) < 4.78 is 33.7. The molecule has 0 aliphatic heterocycles. The molecule has 1 amide bonds. The molecule has 3 aromatic rings. The van der Waals surface area contributed by atoms with E-state index in [1.54, 1.807) is 25.3 Å². The number of ether oxygens (including phenoxy) is 1. The summed E-state index contributed by atoms with van der Waals surface area (Å²) >= 11 is 0. The standard InChI is InChI=1S/C20H23N3O4S/c1-5-27-18-11-10-14(12-19(18)28(25,26)22(2)3)21-20(24)16-13-23(4)17-9-7-6-8-15(16)17/h6-13H,5H2,1-4H3,(H,21,24). The summed E-state index contributed by atoms with van der Waals surface area (Å²) in [5.74, 6) is -0.0616. The largest absolute Gasteiger partial charge is 0.492 e. The highest BCUT2D eigenvalue weighted by Gasteiger charge is 2.23. The van der Waals surface area contributed by atoms with Gasteiger partial charge in [-0.05, 0) is 31.2 Å². The predicted octanol–water partition coefficient (Wildman–Crippen LogP) is 3.08. The van der Waals surface area contributed by atoms with E-state index in [1.807, 2.05) is 35.9 Å². The van der Waals surface area contributed by atoms with Gasteiger partial charge in [0.15, 0.2) is 0 Å². The van der Waals surface area contributed by atoms with Crippen LogP contribution in [0.5, 0.6) is 5.75 Å². The maximum absolute atomic E-state index is 12.8. The molecule has 1 aromatic heterocycles. The molecular weight excluding hydrogens is 378 g/mol. The number of para-hydroxylation sites is 1. The Kier molecular flexibility index (Phi) is 5.44. The average molecular weight is 401 g/mol. The number of fused-ring (bicyclic) bond motifs is 1. The lowest BCUT2D eigenvalue weighted by atomic mass is 10.1. The van der Waals surface area contributed by atoms with Crippen LogP contribution in [0, 0.1) is 0 Å². The highest BCUT2D eigenvalue weighted by Crippen LogP contribution is 2.30. The molecule has 1 N–H and O–H groups in total. The van der Waals surface area contributed by atoms with Gasteiger partial charge in [-0.2, -0.15) is 0 Å². The maximum atomic E-state index is 12.8. The Labute approximate surface area is 164 Å². The second kappa shape index (κ2) is 7.65. The molecule has 0 aliphatic carbocycles. The highest BCUT2D eigenvalue weighted by atomic mass is 32.2. The Morgan fingerprint density at radius 3 is 2.57 bits per heavy atom. The molecule has 0 spiro atoms. The molecule has 1 heterocycles. The normalized spacial score (nSPS) is 11.8. The van der Waals surface area contributed by atoms with Crippen molar-refractivity contribution in [3.05, 3.63) is 54.2 Å². The molecule has 3 rings (SSSR count). The maximum Gasteiger partial charge on any atom is 0.257 e. The van der Waals surface area contributed by atoms with Crippen LogP contribution in [0.25, 0.3) is 10.9 Å². The number of rotatable bonds is 6. The van der Waals surface area contributed by atoms with Crippen molar-refractivity contribution < 1.29 is 17.9 Å². The van der Waals surface area contributed by atoms with Gasteiger partial charge in [0.1, 0.15) is 10.6 Å². The molecule has 0 fully saturated rings. The number of hydrogen-bond donors (Lipinski definition) is 1. The first-order valence-corrected chi connectivity index (χ1v) is 10.2. The highest BCUT2D eigenvalue weighted by molar-refractivity contribution is 7.89. The minimum Gasteiger partial charge on any atom is -0.492 e. The molecule has 0 saturated heterocycles. The number of nitrogens with zero attached hydrogens (tertiary/aromatic N) is 2. The minimum atomic E-state index is -3.73. The van der Waals surface area contributed by atoms with E-state index >= 15 is 0 Å². The van der Waals surface area contributed by atoms with Gasteiger partial charge in [0.25, 0.3) is 5.91 Å². The zero-order valence-corrected chi connectivity index (χ0v) is 17.1. The number of nitrogens with one attached hydrogen (secondary N) is 1. The second-order valence-electron chi connectivity index (χ2n) is 6.51. The summed E-state index contributed by atoms with van der Waals surface area (Å²) in [5, 5.41) is 3.62. The van der Waals surface area contributed by atoms with Crippen molar-refractivity contribution >= 4 is 32.5 Å². The molecule has 0 radical (unpaired) electrons. The van der Waals surface area contributed by atoms with Crippen molar-refractivity contribution in [3.63, 3.8) is 0 Å². The van der Waals surface area contributed by atoms with Gasteiger partial charge in [0, 0.05) is 43.9 Å². The fourth-order valence-electron chi connectivity index (χ4n) is 2.98. The van der Waals surface area contributed by atoms with E-state index in [4.69, 9.17) is 4.74 Å². The average Bonchev–Trinajstić information content (AvgIpc) is 3.00. The lowest BCUT2D eigenvalue weighted by Crippen LogP contribution is -2.23. The molecule has 7 nitrogen and oxygen atoms in total. The van der Waals surface area contributed by atoms with Gasteiger partial charge in [0.2, 0.25) is 10.0 Å². The first-order valence-electron chi connectivity index (χ1n) is 8.80. The summed E-state index contributed by atoms with van der Waals surface area (Å²) in [6.45, 7) is 2.11. The summed E-state index contributed by atoms with van der Waals surface area (Å²) in [6.07, 6.45) is 1.76. The van der Waals surface area contributed by atoms with Crippen molar-refractivity contribution in [2.45, 2.75) is 11.8 Å². The van der Waals surface area contributed by atoms with Crippen LogP contribution >= 0.6 is 0 Å². The van der Waals surface area contributed by atoms with E-state index < -0.39 is 10.0 Å². The first kappa shape index (κ1) is 19.9. The van der Waals surface area contributed by atoms with E-state index in [1.165, 1.54) is 20.2 Å². The number of amides is 1. The van der Waals surface area contributed by atoms with E-state index in [0.717, 1.165) is 15.2 Å². The molecule has 0 bridgehead atoms. The number of benzene rings is 2. The van der Waals surface area contributed by atoms with Crippen molar-refractivity contribution in [1.29, 1.82) is 0 Å². The number of anilines is 1. The van der Waals surface area contributed by atoms with Gasteiger partial charge in [-0.25, -0.2) is 12.7 Å². The fraction of sp³-hybridized carbons (Fsp3) is 0.250. The number of carbonyl (C=O) groups excluding carboxylic acids is 1. The smallest absolute Gasteiger partial charge is 0.257 e. The van der Waals surface area contributed by atoms with Crippen molar-refractivity contribution in [2.75, 3.05) is 26.0 Å². The third kappa shape index (κ3) is 3.61. The van der Waals surface area contributed by atoms with Gasteiger partial charge >= 0.3 is 0 Å². The SMILES string of the molecule is CCOc1ccc(NC(=O)c2cn(C)c3ccccc23)cc1S(=O)(=O)N(C)C. The van der Waals surface area contributed by atoms with Gasteiger partial charge in [-0.15, -0.1) is 0 Å². The van der Waals surface area contributed by atoms with Crippen LogP contribution in [0.3, 0.4) is 0 Å². The molecule has 0 atom stereocenters. The predicted molar refractivity (Wildman–Crippen MR) is 109 cm³/mol. The third-order valence-corrected chi connectivity index (χ3v) is 6.24. The van der Waals surface area contributed by atoms with Crippen LogP contribution in [0.2, 0.25) is 0 Å². The van der Waals surface area contributed by atoms with Gasteiger partial charge in [-0.3, -0.25) is 4.79 Å². The summed E-state index contributed by atoms with van der Waals surface area (Å²) in [7, 11) is 1.04. The van der Waals surface area contributed by atoms with E-state index in [9.17, 15) is 13.2 Å². The van der Waals surface area contributed by atoms with Crippen LogP contribution in [-0.2, 0) is 17.1 Å². The van der Waals surface area contributed by atoms with Gasteiger partial charge < -0.3 is 14.6 Å². The van der Waals surface area contributed by atoms with Crippen molar-refractivity contribution in [3.8, 4) is 5.75 Å². The Hall–Kier alpha value is -2.84. The van der Waals surface area contributed by atoms with Gasteiger partial charge in [0.05, 0.1) is 12.2 Å². The summed E-state index contributed by atoms with van der Waals surface area (Å²) in [4.78, 5) is 12.8. The van der Waals surface area contributed by atoms with Crippen LogP contribution in [-0.4, -0.2) is 43.9 Å². The number of hydrogen-bond acceptors (Lipinski definition) is 4. The Morgan fingerprint density at radius 2 is 1.89 bits per heavy atom. The Bertz CT molecular complexity index is 1130. The zero-order valence-electron chi connectivity index (χ0n) is 16.3. The number of aromatic nitrogens is 1. The monoisotopic (exact) mass is 401 g/mol. The van der Waals surface area contributed by atoms with Crippen LogP contribution in [0.1, 0.15) is 17.3 Å². The third-order valence-electron chi connectivity index (χ3n) is 4.40. The molecule has 28 heavy (non-hydrogen) atoms. The van der Waals surface area contributed by atoms with Gasteiger partial charge in [-0.1, -0.05) is 18.2 Å². The summed E-state index contributed by atoms with van der Waals surface area (Å²) in [5.41, 5.74) is 1.83. The minimum absolute atomic E-state index is 0.00932. The topological polar surface area (TPSA) is 80.6 Å². The van der Waals surface area contributed by atoms with Crippen molar-refractivity contribution in [1.82, 2.24) is 8.87 Å². The Morgan fingerprint density at radius 1 is 1.18 bits per heavy atom. The van der Waals surface area contributed by atoms with Crippen molar-refractivity contribution in [2.24, 2.45) is 7.05 Å². The van der Waals surface area contributed by atoms with E-state index in [2.05, 4.69) is 5.32 Å².